The van der Waals surface area contributed by atoms with Crippen molar-refractivity contribution in [3.05, 3.63) is 54.4 Å². The maximum Gasteiger partial charge on any atom is 0.411 e. The van der Waals surface area contributed by atoms with E-state index >= 15 is 0 Å². The first kappa shape index (κ1) is 22.4. The van der Waals surface area contributed by atoms with Crippen LogP contribution in [0.1, 0.15) is 39.7 Å². The lowest BCUT2D eigenvalue weighted by Crippen LogP contribution is -2.14. The molecule has 0 aliphatic carbocycles. The summed E-state index contributed by atoms with van der Waals surface area (Å²) in [4.78, 5) is 12.0. The Kier molecular flexibility index (Phi) is 7.00. The number of nitrogens with one attached hydrogen (secondary N) is 1. The zero-order valence-electron chi connectivity index (χ0n) is 18.5. The number of halogens is 1. The lowest BCUT2D eigenvalue weighted by Gasteiger charge is -2.13. The van der Waals surface area contributed by atoms with Crippen LogP contribution in [0.25, 0.3) is 28.2 Å². The van der Waals surface area contributed by atoms with Crippen molar-refractivity contribution in [1.82, 2.24) is 4.57 Å². The number of amides is 1. The lowest BCUT2D eigenvalue weighted by atomic mass is 10.0. The standard InChI is InChI=1S/C25H29FN2O3/c1-6-13-30-25(29)27-17-9-12-22(26)21(14-17)24-19(7-2)20-11-10-18(31-16(4)5)15-23(20)28(24)8-3/h7,9-12,14-16H,2,6,8,13H2,1,3-5H3,(H,27,29). The molecule has 1 heterocycles. The van der Waals surface area contributed by atoms with Gasteiger partial charge in [0.15, 0.2) is 0 Å². The van der Waals surface area contributed by atoms with Gasteiger partial charge in [0.25, 0.3) is 0 Å². The molecule has 3 aromatic rings. The Morgan fingerprint density at radius 1 is 1.23 bits per heavy atom. The molecule has 0 fully saturated rings. The van der Waals surface area contributed by atoms with Gasteiger partial charge < -0.3 is 14.0 Å². The van der Waals surface area contributed by atoms with Crippen molar-refractivity contribution >= 4 is 28.8 Å². The first-order valence-electron chi connectivity index (χ1n) is 10.6. The monoisotopic (exact) mass is 424 g/mol. The van der Waals surface area contributed by atoms with E-state index < -0.39 is 6.09 Å². The van der Waals surface area contributed by atoms with E-state index in [4.69, 9.17) is 9.47 Å². The topological polar surface area (TPSA) is 52.5 Å². The fourth-order valence-electron chi connectivity index (χ4n) is 3.66. The molecule has 0 spiro atoms. The fraction of sp³-hybridized carbons (Fsp3) is 0.320. The van der Waals surface area contributed by atoms with Gasteiger partial charge in [0.2, 0.25) is 0 Å². The Balaban J connectivity index is 2.14. The summed E-state index contributed by atoms with van der Waals surface area (Å²) in [6.07, 6.45) is 1.95. The number of ether oxygens (including phenoxy) is 2. The molecule has 0 bridgehead atoms. The minimum absolute atomic E-state index is 0.0495. The normalized spacial score (nSPS) is 11.0. The molecule has 0 saturated carbocycles. The van der Waals surface area contributed by atoms with E-state index in [2.05, 4.69) is 11.9 Å². The molecular weight excluding hydrogens is 395 g/mol. The third-order valence-corrected chi connectivity index (χ3v) is 4.87. The number of benzene rings is 2. The molecule has 0 radical (unpaired) electrons. The summed E-state index contributed by atoms with van der Waals surface area (Å²) in [5.74, 6) is 0.373. The highest BCUT2D eigenvalue weighted by molar-refractivity contribution is 5.98. The first-order chi connectivity index (χ1) is 14.9. The van der Waals surface area contributed by atoms with Crippen LogP contribution in [0.4, 0.5) is 14.9 Å². The first-order valence-corrected chi connectivity index (χ1v) is 10.6. The van der Waals surface area contributed by atoms with Gasteiger partial charge in [-0.05, 0) is 57.5 Å². The molecule has 1 aromatic heterocycles. The Morgan fingerprint density at radius 3 is 2.65 bits per heavy atom. The van der Waals surface area contributed by atoms with Crippen LogP contribution >= 0.6 is 0 Å². The number of hydrogen-bond acceptors (Lipinski definition) is 3. The molecule has 0 aliphatic rings. The van der Waals surface area contributed by atoms with Gasteiger partial charge in [0, 0.05) is 34.8 Å². The van der Waals surface area contributed by atoms with E-state index in [-0.39, 0.29) is 11.9 Å². The number of rotatable bonds is 8. The van der Waals surface area contributed by atoms with Gasteiger partial charge >= 0.3 is 6.09 Å². The number of nitrogens with zero attached hydrogens (tertiary/aromatic N) is 1. The SMILES string of the molecule is C=Cc1c(-c2cc(NC(=O)OCCC)ccc2F)n(CC)c2cc(OC(C)C)ccc12. The zero-order valence-corrected chi connectivity index (χ0v) is 18.5. The predicted octanol–water partition coefficient (Wildman–Crippen LogP) is 6.86. The molecule has 31 heavy (non-hydrogen) atoms. The number of hydrogen-bond donors (Lipinski definition) is 1. The second kappa shape index (κ2) is 9.69. The van der Waals surface area contributed by atoms with Crippen molar-refractivity contribution in [2.24, 2.45) is 0 Å². The number of carbonyl (C=O) groups excluding carboxylic acids is 1. The summed E-state index contributed by atoms with van der Waals surface area (Å²) in [5, 5.41) is 3.63. The van der Waals surface area contributed by atoms with Gasteiger partial charge in [0.1, 0.15) is 11.6 Å². The highest BCUT2D eigenvalue weighted by atomic mass is 19.1. The van der Waals surface area contributed by atoms with Crippen LogP contribution in [0.5, 0.6) is 5.75 Å². The maximum absolute atomic E-state index is 15.0. The highest BCUT2D eigenvalue weighted by Crippen LogP contribution is 2.38. The number of carbonyl (C=O) groups is 1. The van der Waals surface area contributed by atoms with E-state index in [1.165, 1.54) is 12.1 Å². The van der Waals surface area contributed by atoms with E-state index in [1.54, 1.807) is 12.1 Å². The van der Waals surface area contributed by atoms with Crippen LogP contribution in [0.15, 0.2) is 43.0 Å². The molecular formula is C25H29FN2O3. The minimum atomic E-state index is -0.560. The number of fused-ring (bicyclic) bond motifs is 1. The molecule has 3 rings (SSSR count). The number of anilines is 1. The van der Waals surface area contributed by atoms with Crippen LogP contribution in [-0.4, -0.2) is 23.4 Å². The zero-order chi connectivity index (χ0) is 22.5. The molecule has 2 aromatic carbocycles. The van der Waals surface area contributed by atoms with E-state index in [9.17, 15) is 9.18 Å². The molecule has 1 N–H and O–H groups in total. The van der Waals surface area contributed by atoms with Gasteiger partial charge in [0.05, 0.1) is 23.9 Å². The van der Waals surface area contributed by atoms with Gasteiger partial charge in [-0.1, -0.05) is 19.6 Å². The second-order valence-electron chi connectivity index (χ2n) is 7.51. The largest absolute Gasteiger partial charge is 0.491 e. The van der Waals surface area contributed by atoms with Crippen LogP contribution in [-0.2, 0) is 11.3 Å². The molecule has 0 atom stereocenters. The lowest BCUT2D eigenvalue weighted by molar-refractivity contribution is 0.161. The molecule has 0 aliphatic heterocycles. The van der Waals surface area contributed by atoms with E-state index in [1.807, 2.05) is 50.5 Å². The van der Waals surface area contributed by atoms with Gasteiger partial charge in [-0.15, -0.1) is 0 Å². The number of aromatic nitrogens is 1. The Labute approximate surface area is 182 Å². The van der Waals surface area contributed by atoms with Gasteiger partial charge in [-0.2, -0.15) is 0 Å². The maximum atomic E-state index is 15.0. The van der Waals surface area contributed by atoms with Crippen molar-refractivity contribution in [3.63, 3.8) is 0 Å². The summed E-state index contributed by atoms with van der Waals surface area (Å²) in [6, 6.07) is 10.4. The second-order valence-corrected chi connectivity index (χ2v) is 7.51. The van der Waals surface area contributed by atoms with Crippen LogP contribution in [0, 0.1) is 5.82 Å². The molecule has 1 amide bonds. The van der Waals surface area contributed by atoms with E-state index in [0.717, 1.165) is 28.6 Å². The highest BCUT2D eigenvalue weighted by Gasteiger charge is 2.20. The van der Waals surface area contributed by atoms with Crippen molar-refractivity contribution < 1.29 is 18.7 Å². The van der Waals surface area contributed by atoms with Crippen molar-refractivity contribution in [1.29, 1.82) is 0 Å². The summed E-state index contributed by atoms with van der Waals surface area (Å²) in [6.45, 7) is 12.8. The Bertz CT molecular complexity index is 1100. The molecule has 6 heteroatoms. The molecule has 5 nitrogen and oxygen atoms in total. The molecule has 0 unspecified atom stereocenters. The third kappa shape index (κ3) is 4.74. The smallest absolute Gasteiger partial charge is 0.411 e. The summed E-state index contributed by atoms with van der Waals surface area (Å²) < 4.78 is 28.0. The third-order valence-electron chi connectivity index (χ3n) is 4.87. The average molecular weight is 425 g/mol. The summed E-state index contributed by atoms with van der Waals surface area (Å²) in [7, 11) is 0. The fourth-order valence-corrected chi connectivity index (χ4v) is 3.66. The Morgan fingerprint density at radius 2 is 2.00 bits per heavy atom. The van der Waals surface area contributed by atoms with Gasteiger partial charge in [-0.25, -0.2) is 9.18 Å². The number of aryl methyl sites for hydroxylation is 1. The van der Waals surface area contributed by atoms with Crippen LogP contribution < -0.4 is 10.1 Å². The van der Waals surface area contributed by atoms with Gasteiger partial charge in [-0.3, -0.25) is 5.32 Å². The van der Waals surface area contributed by atoms with Crippen molar-refractivity contribution in [2.75, 3.05) is 11.9 Å². The quantitative estimate of drug-likeness (QED) is 0.430. The van der Waals surface area contributed by atoms with Crippen LogP contribution in [0.2, 0.25) is 0 Å². The Hall–Kier alpha value is -3.28. The summed E-state index contributed by atoms with van der Waals surface area (Å²) >= 11 is 0. The summed E-state index contributed by atoms with van der Waals surface area (Å²) in [5.41, 5.74) is 3.32. The van der Waals surface area contributed by atoms with Crippen molar-refractivity contribution in [2.45, 2.75) is 46.8 Å². The minimum Gasteiger partial charge on any atom is -0.491 e. The predicted molar refractivity (Wildman–Crippen MR) is 124 cm³/mol. The van der Waals surface area contributed by atoms with Crippen LogP contribution in [0.3, 0.4) is 0 Å². The van der Waals surface area contributed by atoms with E-state index in [0.29, 0.717) is 30.1 Å². The molecule has 0 saturated heterocycles. The molecule has 164 valence electrons. The van der Waals surface area contributed by atoms with Crippen molar-refractivity contribution in [3.8, 4) is 17.0 Å². The average Bonchev–Trinajstić information content (AvgIpc) is 3.05.